The van der Waals surface area contributed by atoms with E-state index in [-0.39, 0.29) is 28.9 Å². The molecule has 1 unspecified atom stereocenters. The lowest BCUT2D eigenvalue weighted by Gasteiger charge is -2.16. The normalized spacial score (nSPS) is 13.2. The smallest absolute Gasteiger partial charge is 0.416 e. The molecule has 0 saturated carbocycles. The van der Waals surface area contributed by atoms with Crippen molar-refractivity contribution in [3.8, 4) is 11.1 Å². The second-order valence-electron chi connectivity index (χ2n) is 8.72. The number of halogens is 4. The van der Waals surface area contributed by atoms with Gasteiger partial charge in [-0.05, 0) is 47.5 Å². The molecule has 0 fully saturated rings. The number of sulfone groups is 1. The van der Waals surface area contributed by atoms with Crippen molar-refractivity contribution in [2.45, 2.75) is 23.7 Å². The van der Waals surface area contributed by atoms with E-state index in [0.29, 0.717) is 21.3 Å². The van der Waals surface area contributed by atoms with Crippen LogP contribution in [-0.2, 0) is 39.2 Å². The van der Waals surface area contributed by atoms with Crippen LogP contribution in [0, 0.1) is 5.95 Å². The van der Waals surface area contributed by atoms with E-state index in [1.165, 1.54) is 18.3 Å². The molecular weight excluding hydrogens is 624 g/mol. The van der Waals surface area contributed by atoms with Crippen LogP contribution in [0.15, 0.2) is 65.2 Å². The average molecular weight is 643 g/mol. The summed E-state index contributed by atoms with van der Waals surface area (Å²) in [5.74, 6) is -1.86. The summed E-state index contributed by atoms with van der Waals surface area (Å²) < 4.78 is 108. The monoisotopic (exact) mass is 642 g/mol. The van der Waals surface area contributed by atoms with Crippen LogP contribution in [-0.4, -0.2) is 37.0 Å². The number of nitrogens with one attached hydrogen (secondary N) is 2. The highest BCUT2D eigenvalue weighted by Gasteiger charge is 2.36. The van der Waals surface area contributed by atoms with Gasteiger partial charge in [0.05, 0.1) is 22.3 Å². The molecule has 3 aromatic heterocycles. The Morgan fingerprint density at radius 1 is 0.976 bits per heavy atom. The Morgan fingerprint density at radius 2 is 1.69 bits per heavy atom. The van der Waals surface area contributed by atoms with E-state index in [4.69, 9.17) is 4.42 Å². The number of fused-ring (bicyclic) bond motifs is 1. The van der Waals surface area contributed by atoms with Crippen molar-refractivity contribution >= 4 is 42.3 Å². The van der Waals surface area contributed by atoms with Crippen LogP contribution < -0.4 is 10.3 Å². The van der Waals surface area contributed by atoms with Crippen LogP contribution >= 0.6 is 11.3 Å². The SMILES string of the molecule is O=[SH](=O)NNCc1nnc(CS(=O)(=O)C(c2ccc(C(F)(F)F)cc2)c2nc3ccc(-c4ccc(F)nc4)cc3s2)o1. The third kappa shape index (κ3) is 6.79. The summed E-state index contributed by atoms with van der Waals surface area (Å²) >= 11 is 1.03. The fourth-order valence-electron chi connectivity index (χ4n) is 3.98. The van der Waals surface area contributed by atoms with Gasteiger partial charge in [-0.2, -0.15) is 22.4 Å². The molecule has 11 nitrogen and oxygen atoms in total. The summed E-state index contributed by atoms with van der Waals surface area (Å²) in [4.78, 5) is 10.0. The zero-order chi connectivity index (χ0) is 30.1. The van der Waals surface area contributed by atoms with Crippen molar-refractivity contribution in [2.24, 2.45) is 0 Å². The fraction of sp³-hybridized carbons (Fsp3) is 0.167. The lowest BCUT2D eigenvalue weighted by Crippen LogP contribution is -2.29. The number of pyridine rings is 1. The molecule has 220 valence electrons. The van der Waals surface area contributed by atoms with Crippen molar-refractivity contribution in [3.05, 3.63) is 94.7 Å². The maximum atomic E-state index is 13.8. The van der Waals surface area contributed by atoms with E-state index in [9.17, 15) is 34.4 Å². The molecule has 0 saturated heterocycles. The molecular formula is C24H18F4N6O5S3. The summed E-state index contributed by atoms with van der Waals surface area (Å²) in [7, 11) is -7.23. The van der Waals surface area contributed by atoms with Crippen molar-refractivity contribution < 1.29 is 38.8 Å². The van der Waals surface area contributed by atoms with Crippen LogP contribution in [0.25, 0.3) is 21.3 Å². The highest BCUT2D eigenvalue weighted by atomic mass is 32.2. The predicted molar refractivity (Wildman–Crippen MR) is 143 cm³/mol. The van der Waals surface area contributed by atoms with Crippen molar-refractivity contribution in [2.75, 3.05) is 0 Å². The number of hydrazine groups is 1. The van der Waals surface area contributed by atoms with Gasteiger partial charge < -0.3 is 4.42 Å². The first-order chi connectivity index (χ1) is 19.9. The van der Waals surface area contributed by atoms with E-state index in [2.05, 4.69) is 25.6 Å². The minimum atomic E-state index is -4.63. The molecule has 18 heteroatoms. The Balaban J connectivity index is 1.51. The largest absolute Gasteiger partial charge is 0.423 e. The molecule has 0 spiro atoms. The molecule has 0 radical (unpaired) electrons. The van der Waals surface area contributed by atoms with Crippen LogP contribution in [0.2, 0.25) is 0 Å². The van der Waals surface area contributed by atoms with E-state index >= 15 is 0 Å². The van der Waals surface area contributed by atoms with Crippen molar-refractivity contribution in [1.29, 1.82) is 0 Å². The standard InChI is InChI=1S/C24H18F4N6O5S3/c25-19-8-4-15(10-29-19)14-3-7-17-18(9-14)40-23(31-17)22(13-1-5-16(6-2-13)24(26,27)28)42(37,38)12-21-33-32-20(39-21)11-30-34-41(35)36/h1-10,22,30,41H,11-12H2,(H,34,35,36). The van der Waals surface area contributed by atoms with Gasteiger partial charge in [-0.3, -0.25) is 0 Å². The van der Waals surface area contributed by atoms with E-state index in [1.807, 2.05) is 4.83 Å². The van der Waals surface area contributed by atoms with E-state index in [1.54, 1.807) is 18.2 Å². The van der Waals surface area contributed by atoms with Crippen LogP contribution in [0.1, 0.15) is 33.2 Å². The van der Waals surface area contributed by atoms with Crippen LogP contribution in [0.4, 0.5) is 17.6 Å². The maximum absolute atomic E-state index is 13.8. The molecule has 5 aromatic rings. The van der Waals surface area contributed by atoms with E-state index in [0.717, 1.165) is 35.6 Å². The zero-order valence-corrected chi connectivity index (χ0v) is 23.4. The Hall–Kier alpha value is -3.84. The van der Waals surface area contributed by atoms with Crippen LogP contribution in [0.3, 0.4) is 0 Å². The summed E-state index contributed by atoms with van der Waals surface area (Å²) in [5.41, 5.74) is 3.09. The van der Waals surface area contributed by atoms with Gasteiger partial charge in [-0.25, -0.2) is 32.2 Å². The van der Waals surface area contributed by atoms with E-state index < -0.39 is 49.4 Å². The zero-order valence-electron chi connectivity index (χ0n) is 20.9. The number of thiol groups is 1. The summed E-state index contributed by atoms with van der Waals surface area (Å²) in [6.07, 6.45) is -3.28. The highest BCUT2D eigenvalue weighted by molar-refractivity contribution is 7.91. The number of aromatic nitrogens is 4. The summed E-state index contributed by atoms with van der Waals surface area (Å²) in [6, 6.07) is 11.5. The first kappa shape index (κ1) is 29.6. The van der Waals surface area contributed by atoms with Gasteiger partial charge >= 0.3 is 6.18 Å². The number of benzene rings is 2. The molecule has 0 aliphatic heterocycles. The molecule has 3 heterocycles. The van der Waals surface area contributed by atoms with Gasteiger partial charge in [0.1, 0.15) is 16.0 Å². The third-order valence-corrected chi connectivity index (χ3v) is 9.27. The first-order valence-corrected chi connectivity index (χ1v) is 15.5. The minimum absolute atomic E-state index is 0.0369. The minimum Gasteiger partial charge on any atom is -0.423 e. The van der Waals surface area contributed by atoms with Gasteiger partial charge in [-0.1, -0.05) is 18.2 Å². The summed E-state index contributed by atoms with van der Waals surface area (Å²) in [6.45, 7) is -0.234. The van der Waals surface area contributed by atoms with Crippen LogP contribution in [0.5, 0.6) is 0 Å². The topological polar surface area (TPSA) is 157 Å². The Morgan fingerprint density at radius 3 is 2.36 bits per heavy atom. The number of hydrogen-bond acceptors (Lipinski definition) is 11. The average Bonchev–Trinajstić information content (AvgIpc) is 3.54. The molecule has 0 aliphatic rings. The molecule has 2 N–H and O–H groups in total. The lowest BCUT2D eigenvalue weighted by molar-refractivity contribution is -0.137. The number of thiazole rings is 1. The molecule has 0 aliphatic carbocycles. The molecule has 1 atom stereocenters. The van der Waals surface area contributed by atoms with Crippen molar-refractivity contribution in [1.82, 2.24) is 30.4 Å². The molecule has 42 heavy (non-hydrogen) atoms. The summed E-state index contributed by atoms with van der Waals surface area (Å²) in [5, 5.41) is 5.96. The van der Waals surface area contributed by atoms with Gasteiger partial charge in [0.2, 0.25) is 28.6 Å². The number of rotatable bonds is 10. The number of nitrogens with zero attached hydrogens (tertiary/aromatic N) is 4. The Bertz CT molecular complexity index is 1900. The molecule has 2 aromatic carbocycles. The predicted octanol–water partition coefficient (Wildman–Crippen LogP) is 3.72. The van der Waals surface area contributed by atoms with Crippen molar-refractivity contribution in [3.63, 3.8) is 0 Å². The quantitative estimate of drug-likeness (QED) is 0.0888. The van der Waals surface area contributed by atoms with Gasteiger partial charge in [0.25, 0.3) is 0 Å². The van der Waals surface area contributed by atoms with Gasteiger partial charge in [0.15, 0.2) is 9.84 Å². The third-order valence-electron chi connectivity index (χ3n) is 5.83. The fourth-order valence-corrected chi connectivity index (χ4v) is 7.35. The number of hydrogen-bond donors (Lipinski definition) is 3. The Kier molecular flexibility index (Phi) is 8.33. The second kappa shape index (κ2) is 11.8. The second-order valence-corrected chi connectivity index (χ2v) is 12.6. The number of alkyl halides is 3. The highest BCUT2D eigenvalue weighted by Crippen LogP contribution is 2.39. The van der Waals surface area contributed by atoms with Gasteiger partial charge in [-0.15, -0.1) is 21.5 Å². The maximum Gasteiger partial charge on any atom is 0.416 e. The van der Waals surface area contributed by atoms with Gasteiger partial charge in [0, 0.05) is 11.8 Å². The first-order valence-electron chi connectivity index (χ1n) is 11.7. The molecule has 0 bridgehead atoms. The molecule has 5 rings (SSSR count). The Labute approximate surface area is 240 Å². The molecule has 0 amide bonds. The lowest BCUT2D eigenvalue weighted by atomic mass is 10.1.